The van der Waals surface area contributed by atoms with Gasteiger partial charge in [0.15, 0.2) is 0 Å². The van der Waals surface area contributed by atoms with Crippen molar-refractivity contribution >= 4 is 23.5 Å². The number of nitro groups is 1. The number of hydrogen-bond acceptors (Lipinski definition) is 7. The molecule has 0 aromatic carbocycles. The van der Waals surface area contributed by atoms with E-state index in [4.69, 9.17) is 5.11 Å². The summed E-state index contributed by atoms with van der Waals surface area (Å²) in [5, 5.41) is 21.0. The largest absolute Gasteiger partial charge is 0.479 e. The fraction of sp³-hybridized carbons (Fsp3) is 0.200. The predicted molar refractivity (Wildman–Crippen MR) is 61.8 cm³/mol. The summed E-state index contributed by atoms with van der Waals surface area (Å²) in [4.78, 5) is 46.2. The molecule has 0 fully saturated rings. The van der Waals surface area contributed by atoms with Crippen LogP contribution in [0.4, 0.5) is 5.69 Å². The first kappa shape index (κ1) is 15.0. The molecule has 10 nitrogen and oxygen atoms in total. The van der Waals surface area contributed by atoms with Crippen LogP contribution in [-0.2, 0) is 14.4 Å². The molecule has 0 radical (unpaired) electrons. The first-order chi connectivity index (χ1) is 9.31. The number of esters is 1. The van der Waals surface area contributed by atoms with Crippen molar-refractivity contribution in [1.82, 2.24) is 10.3 Å². The number of nitrogens with zero attached hydrogens (tertiary/aromatic N) is 2. The number of aromatic nitrogens is 1. The van der Waals surface area contributed by atoms with Crippen molar-refractivity contribution in [2.75, 3.05) is 0 Å². The number of rotatable bonds is 5. The van der Waals surface area contributed by atoms with Crippen molar-refractivity contribution in [3.05, 3.63) is 28.4 Å². The van der Waals surface area contributed by atoms with Crippen LogP contribution in [0.15, 0.2) is 18.3 Å². The Morgan fingerprint density at radius 1 is 1.45 bits per heavy atom. The molecule has 2 N–H and O–H groups in total. The normalized spacial score (nSPS) is 11.2. The second-order valence-electron chi connectivity index (χ2n) is 3.50. The molecular weight excluding hydrogens is 274 g/mol. The molecule has 0 bridgehead atoms. The van der Waals surface area contributed by atoms with Crippen molar-refractivity contribution in [3.63, 3.8) is 0 Å². The van der Waals surface area contributed by atoms with E-state index in [-0.39, 0.29) is 11.6 Å². The third-order valence-corrected chi connectivity index (χ3v) is 1.97. The van der Waals surface area contributed by atoms with Gasteiger partial charge >= 0.3 is 11.9 Å². The van der Waals surface area contributed by atoms with Crippen molar-refractivity contribution < 1.29 is 29.2 Å². The Kier molecular flexibility index (Phi) is 4.67. The summed E-state index contributed by atoms with van der Waals surface area (Å²) in [7, 11) is 0. The molecule has 0 spiro atoms. The van der Waals surface area contributed by atoms with Gasteiger partial charge in [0.2, 0.25) is 17.8 Å². The number of carbonyl (C=O) groups is 3. The Hall–Kier alpha value is -3.04. The van der Waals surface area contributed by atoms with E-state index < -0.39 is 28.8 Å². The molecular formula is C10H9N3O7. The number of hydrogen-bond donors (Lipinski definition) is 2. The van der Waals surface area contributed by atoms with Crippen LogP contribution in [0.3, 0.4) is 0 Å². The smallest absolute Gasteiger partial charge is 0.347 e. The molecule has 0 aliphatic heterocycles. The van der Waals surface area contributed by atoms with Gasteiger partial charge in [-0.3, -0.25) is 14.9 Å². The summed E-state index contributed by atoms with van der Waals surface area (Å²) in [5.41, 5.74) is -0.318. The molecule has 106 valence electrons. The molecule has 10 heteroatoms. The van der Waals surface area contributed by atoms with E-state index in [0.717, 1.165) is 25.3 Å². The lowest BCUT2D eigenvalue weighted by atomic mass is 10.3. The molecule has 1 aromatic rings. The van der Waals surface area contributed by atoms with Crippen LogP contribution in [0.1, 0.15) is 6.92 Å². The molecule has 0 saturated heterocycles. The minimum atomic E-state index is -1.88. The second-order valence-corrected chi connectivity index (χ2v) is 3.50. The Morgan fingerprint density at radius 3 is 2.50 bits per heavy atom. The molecule has 1 rings (SSSR count). The zero-order valence-corrected chi connectivity index (χ0v) is 10.1. The highest BCUT2D eigenvalue weighted by Crippen LogP contribution is 2.13. The maximum atomic E-state index is 11.5. The van der Waals surface area contributed by atoms with E-state index in [1.165, 1.54) is 0 Å². The lowest BCUT2D eigenvalue weighted by Gasteiger charge is -2.11. The first-order valence-corrected chi connectivity index (χ1v) is 5.13. The zero-order chi connectivity index (χ0) is 15.3. The molecule has 0 aliphatic carbocycles. The van der Waals surface area contributed by atoms with Gasteiger partial charge in [-0.25, -0.2) is 14.6 Å². The third kappa shape index (κ3) is 4.01. The number of amides is 1. The van der Waals surface area contributed by atoms with Gasteiger partial charge in [-0.05, 0) is 0 Å². The molecule has 1 aromatic heterocycles. The number of carboxylic acids is 1. The maximum Gasteiger partial charge on any atom is 0.347 e. The molecule has 1 heterocycles. The van der Waals surface area contributed by atoms with E-state index in [1.54, 1.807) is 0 Å². The molecule has 20 heavy (non-hydrogen) atoms. The van der Waals surface area contributed by atoms with Gasteiger partial charge in [0, 0.05) is 19.1 Å². The number of ether oxygens (including phenoxy) is 1. The van der Waals surface area contributed by atoms with Gasteiger partial charge in [-0.1, -0.05) is 0 Å². The lowest BCUT2D eigenvalue weighted by Crippen LogP contribution is -2.47. The highest BCUT2D eigenvalue weighted by molar-refractivity contribution is 6.01. The quantitative estimate of drug-likeness (QED) is 0.317. The first-order valence-electron chi connectivity index (χ1n) is 5.13. The van der Waals surface area contributed by atoms with E-state index in [2.05, 4.69) is 9.72 Å². The van der Waals surface area contributed by atoms with Gasteiger partial charge < -0.3 is 15.2 Å². The summed E-state index contributed by atoms with van der Waals surface area (Å²) < 4.78 is 4.61. The summed E-state index contributed by atoms with van der Waals surface area (Å²) in [6, 6.07) is 0.177. The fourth-order valence-electron chi connectivity index (χ4n) is 1.13. The monoisotopic (exact) mass is 283 g/mol. The third-order valence-electron chi connectivity index (χ3n) is 1.97. The van der Waals surface area contributed by atoms with Crippen molar-refractivity contribution in [1.29, 1.82) is 0 Å². The predicted octanol–water partition coefficient (Wildman–Crippen LogP) is -0.516. The van der Waals surface area contributed by atoms with Gasteiger partial charge in [0.25, 0.3) is 5.69 Å². The van der Waals surface area contributed by atoms with Gasteiger partial charge in [0.05, 0.1) is 4.92 Å². The average Bonchev–Trinajstić information content (AvgIpc) is 2.35. The average molecular weight is 283 g/mol. The van der Waals surface area contributed by atoms with Gasteiger partial charge in [-0.15, -0.1) is 0 Å². The van der Waals surface area contributed by atoms with E-state index in [9.17, 15) is 24.5 Å². The summed E-state index contributed by atoms with van der Waals surface area (Å²) >= 11 is 0. The minimum Gasteiger partial charge on any atom is -0.479 e. The Bertz CT molecular complexity index is 554. The van der Waals surface area contributed by atoms with Gasteiger partial charge in [0.1, 0.15) is 6.20 Å². The van der Waals surface area contributed by atoms with Crippen LogP contribution < -0.4 is 10.1 Å². The van der Waals surface area contributed by atoms with Crippen LogP contribution in [0, 0.1) is 10.1 Å². The Morgan fingerprint density at radius 2 is 2.10 bits per heavy atom. The fourth-order valence-corrected chi connectivity index (χ4v) is 1.13. The Labute approximate surface area is 111 Å². The van der Waals surface area contributed by atoms with Crippen LogP contribution >= 0.6 is 0 Å². The van der Waals surface area contributed by atoms with E-state index >= 15 is 0 Å². The SMILES string of the molecule is CC(=O)NC(C(=O)O)C(=O)Oc1ccc([N+](=O)[O-])cn1. The number of carbonyl (C=O) groups excluding carboxylic acids is 2. The highest BCUT2D eigenvalue weighted by Gasteiger charge is 2.29. The molecule has 0 saturated carbocycles. The molecule has 1 unspecified atom stereocenters. The van der Waals surface area contributed by atoms with Crippen LogP contribution in [-0.4, -0.2) is 38.9 Å². The number of nitrogens with one attached hydrogen (secondary N) is 1. The van der Waals surface area contributed by atoms with Crippen molar-refractivity contribution in [3.8, 4) is 5.88 Å². The van der Waals surface area contributed by atoms with Crippen LogP contribution in [0.25, 0.3) is 0 Å². The minimum absolute atomic E-state index is 0.318. The molecule has 1 atom stereocenters. The Balaban J connectivity index is 2.80. The van der Waals surface area contributed by atoms with E-state index in [1.807, 2.05) is 5.32 Å². The number of aliphatic carboxylic acids is 1. The molecule has 0 aliphatic rings. The van der Waals surface area contributed by atoms with Crippen LogP contribution in [0.2, 0.25) is 0 Å². The topological polar surface area (TPSA) is 149 Å². The summed E-state index contributed by atoms with van der Waals surface area (Å²) in [6.07, 6.45) is 0.844. The summed E-state index contributed by atoms with van der Waals surface area (Å²) in [5.74, 6) is -3.93. The lowest BCUT2D eigenvalue weighted by molar-refractivity contribution is -0.385. The number of pyridine rings is 1. The maximum absolute atomic E-state index is 11.5. The highest BCUT2D eigenvalue weighted by atomic mass is 16.6. The zero-order valence-electron chi connectivity index (χ0n) is 10.1. The molecule has 1 amide bonds. The van der Waals surface area contributed by atoms with Crippen molar-refractivity contribution in [2.45, 2.75) is 13.0 Å². The van der Waals surface area contributed by atoms with Gasteiger partial charge in [-0.2, -0.15) is 0 Å². The standard InChI is InChI=1S/C10H9N3O7/c1-5(14)12-8(9(15)16)10(17)20-7-3-2-6(4-11-7)13(18)19/h2-4,8H,1H3,(H,12,14)(H,15,16). The van der Waals surface area contributed by atoms with Crippen LogP contribution in [0.5, 0.6) is 5.88 Å². The second kappa shape index (κ2) is 6.22. The number of carboxylic acid groups (broad SMARTS) is 1. The van der Waals surface area contributed by atoms with E-state index in [0.29, 0.717) is 0 Å². The summed E-state index contributed by atoms with van der Waals surface area (Å²) in [6.45, 7) is 1.04. The van der Waals surface area contributed by atoms with Crippen molar-refractivity contribution in [2.24, 2.45) is 0 Å².